The molecule has 3 heterocycles. The highest BCUT2D eigenvalue weighted by molar-refractivity contribution is 5.94. The van der Waals surface area contributed by atoms with Crippen LogP contribution in [0, 0.1) is 0 Å². The Morgan fingerprint density at radius 2 is 2.04 bits per heavy atom. The van der Waals surface area contributed by atoms with E-state index in [0.29, 0.717) is 23.8 Å². The topological polar surface area (TPSA) is 72.1 Å². The van der Waals surface area contributed by atoms with Crippen molar-refractivity contribution in [3.8, 4) is 11.4 Å². The molecule has 1 saturated heterocycles. The standard InChI is InChI=1S/C17H14N4O2/c22-17(12-5-2-1-3-6-12)21-10-8-14(21)16-19-15(20-23-16)13-7-4-9-18-11-13/h1-7,9,11,14H,8,10H2/t14-/m0/s1. The summed E-state index contributed by atoms with van der Waals surface area (Å²) in [4.78, 5) is 22.7. The molecule has 0 bridgehead atoms. The van der Waals surface area contributed by atoms with Gasteiger partial charge in [-0.15, -0.1) is 0 Å². The fraction of sp³-hybridized carbons (Fsp3) is 0.176. The number of carbonyl (C=O) groups is 1. The largest absolute Gasteiger partial charge is 0.337 e. The minimum Gasteiger partial charge on any atom is -0.337 e. The molecule has 114 valence electrons. The molecule has 1 aliphatic rings. The number of rotatable bonds is 3. The van der Waals surface area contributed by atoms with E-state index in [9.17, 15) is 4.79 Å². The van der Waals surface area contributed by atoms with Crippen molar-refractivity contribution in [2.24, 2.45) is 0 Å². The van der Waals surface area contributed by atoms with Crippen molar-refractivity contribution in [2.45, 2.75) is 12.5 Å². The smallest absolute Gasteiger partial charge is 0.254 e. The van der Waals surface area contributed by atoms with E-state index in [4.69, 9.17) is 4.52 Å². The number of pyridine rings is 1. The van der Waals surface area contributed by atoms with Crippen LogP contribution >= 0.6 is 0 Å². The molecule has 4 rings (SSSR count). The molecule has 1 fully saturated rings. The van der Waals surface area contributed by atoms with Gasteiger partial charge in [-0.25, -0.2) is 0 Å². The third-order valence-electron chi connectivity index (χ3n) is 3.95. The number of amides is 1. The van der Waals surface area contributed by atoms with E-state index < -0.39 is 0 Å². The minimum atomic E-state index is -0.152. The van der Waals surface area contributed by atoms with Gasteiger partial charge in [0.25, 0.3) is 5.91 Å². The van der Waals surface area contributed by atoms with Crippen molar-refractivity contribution in [3.63, 3.8) is 0 Å². The maximum Gasteiger partial charge on any atom is 0.254 e. The lowest BCUT2D eigenvalue weighted by molar-refractivity contribution is 0.0379. The molecule has 6 heteroatoms. The Hall–Kier alpha value is -3.02. The second-order valence-corrected chi connectivity index (χ2v) is 5.37. The lowest BCUT2D eigenvalue weighted by atomic mass is 10.0. The Morgan fingerprint density at radius 1 is 1.17 bits per heavy atom. The Labute approximate surface area is 132 Å². The first-order valence-corrected chi connectivity index (χ1v) is 7.43. The molecule has 0 N–H and O–H groups in total. The number of nitrogens with zero attached hydrogens (tertiary/aromatic N) is 4. The molecule has 1 aliphatic heterocycles. The summed E-state index contributed by atoms with van der Waals surface area (Å²) in [6.07, 6.45) is 4.20. The number of hydrogen-bond donors (Lipinski definition) is 0. The minimum absolute atomic E-state index is 0.0111. The van der Waals surface area contributed by atoms with E-state index in [1.165, 1.54) is 0 Å². The molecule has 0 spiro atoms. The van der Waals surface area contributed by atoms with Crippen LogP contribution in [-0.4, -0.2) is 32.5 Å². The average molecular weight is 306 g/mol. The first-order valence-electron chi connectivity index (χ1n) is 7.43. The molecule has 6 nitrogen and oxygen atoms in total. The van der Waals surface area contributed by atoms with Crippen molar-refractivity contribution in [2.75, 3.05) is 6.54 Å². The summed E-state index contributed by atoms with van der Waals surface area (Å²) in [6.45, 7) is 0.697. The van der Waals surface area contributed by atoms with Crippen LogP contribution in [0.2, 0.25) is 0 Å². The van der Waals surface area contributed by atoms with Gasteiger partial charge in [0, 0.05) is 30.1 Å². The monoisotopic (exact) mass is 306 g/mol. The van der Waals surface area contributed by atoms with Crippen molar-refractivity contribution in [1.82, 2.24) is 20.0 Å². The Kier molecular flexibility index (Phi) is 3.34. The Balaban J connectivity index is 1.55. The summed E-state index contributed by atoms with van der Waals surface area (Å²) < 4.78 is 5.36. The lowest BCUT2D eigenvalue weighted by Crippen LogP contribution is -2.45. The molecule has 1 amide bonds. The summed E-state index contributed by atoms with van der Waals surface area (Å²) in [5, 5.41) is 3.99. The number of benzene rings is 1. The first-order chi connectivity index (χ1) is 11.3. The molecule has 0 saturated carbocycles. The van der Waals surface area contributed by atoms with Gasteiger partial charge in [0.2, 0.25) is 11.7 Å². The van der Waals surface area contributed by atoms with Crippen LogP contribution in [0.4, 0.5) is 0 Å². The highest BCUT2D eigenvalue weighted by atomic mass is 16.5. The van der Waals surface area contributed by atoms with Crippen LogP contribution in [0.3, 0.4) is 0 Å². The zero-order valence-corrected chi connectivity index (χ0v) is 12.3. The molecular formula is C17H14N4O2. The second-order valence-electron chi connectivity index (χ2n) is 5.37. The van der Waals surface area contributed by atoms with Crippen LogP contribution in [-0.2, 0) is 0 Å². The van der Waals surface area contributed by atoms with Crippen molar-refractivity contribution >= 4 is 5.91 Å². The van der Waals surface area contributed by atoms with E-state index in [1.54, 1.807) is 17.3 Å². The van der Waals surface area contributed by atoms with Gasteiger partial charge in [0.15, 0.2) is 0 Å². The highest BCUT2D eigenvalue weighted by Gasteiger charge is 2.37. The molecule has 1 atom stereocenters. The summed E-state index contributed by atoms with van der Waals surface area (Å²) >= 11 is 0. The van der Waals surface area contributed by atoms with Crippen molar-refractivity contribution < 1.29 is 9.32 Å². The maximum atomic E-state index is 12.5. The molecular weight excluding hydrogens is 292 g/mol. The third-order valence-corrected chi connectivity index (χ3v) is 3.95. The number of carbonyl (C=O) groups excluding carboxylic acids is 1. The average Bonchev–Trinajstić information content (AvgIpc) is 3.05. The SMILES string of the molecule is O=C(c1ccccc1)N1CC[C@H]1c1nc(-c2cccnc2)no1. The second kappa shape index (κ2) is 5.64. The van der Waals surface area contributed by atoms with Gasteiger partial charge in [-0.3, -0.25) is 9.78 Å². The van der Waals surface area contributed by atoms with Crippen molar-refractivity contribution in [3.05, 3.63) is 66.3 Å². The van der Waals surface area contributed by atoms with E-state index in [1.807, 2.05) is 42.5 Å². The van der Waals surface area contributed by atoms with Gasteiger partial charge < -0.3 is 9.42 Å². The van der Waals surface area contributed by atoms with E-state index in [2.05, 4.69) is 15.1 Å². The normalized spacial score (nSPS) is 16.9. The fourth-order valence-electron chi connectivity index (χ4n) is 2.62. The van der Waals surface area contributed by atoms with Gasteiger partial charge >= 0.3 is 0 Å². The predicted molar refractivity (Wildman–Crippen MR) is 82.4 cm³/mol. The summed E-state index contributed by atoms with van der Waals surface area (Å²) in [5.41, 5.74) is 1.46. The third kappa shape index (κ3) is 2.48. The van der Waals surface area contributed by atoms with Crippen LogP contribution in [0.1, 0.15) is 28.7 Å². The molecule has 0 aliphatic carbocycles. The Morgan fingerprint density at radius 3 is 2.74 bits per heavy atom. The molecule has 0 radical (unpaired) electrons. The Bertz CT molecular complexity index is 817. The zero-order valence-electron chi connectivity index (χ0n) is 12.3. The fourth-order valence-corrected chi connectivity index (χ4v) is 2.62. The zero-order chi connectivity index (χ0) is 15.6. The first kappa shape index (κ1) is 13.6. The number of aromatic nitrogens is 3. The number of hydrogen-bond acceptors (Lipinski definition) is 5. The maximum absolute atomic E-state index is 12.5. The number of likely N-dealkylation sites (tertiary alicyclic amines) is 1. The predicted octanol–water partition coefficient (Wildman–Crippen LogP) is 2.72. The van der Waals surface area contributed by atoms with Gasteiger partial charge in [-0.2, -0.15) is 4.98 Å². The quantitative estimate of drug-likeness (QED) is 0.744. The van der Waals surface area contributed by atoms with Crippen LogP contribution < -0.4 is 0 Å². The lowest BCUT2D eigenvalue weighted by Gasteiger charge is -2.38. The van der Waals surface area contributed by atoms with Gasteiger partial charge in [0.05, 0.1) is 0 Å². The van der Waals surface area contributed by atoms with Gasteiger partial charge in [0.1, 0.15) is 6.04 Å². The summed E-state index contributed by atoms with van der Waals surface area (Å²) in [5.74, 6) is 0.953. The van der Waals surface area contributed by atoms with Crippen molar-refractivity contribution in [1.29, 1.82) is 0 Å². The van der Waals surface area contributed by atoms with Gasteiger partial charge in [-0.1, -0.05) is 23.4 Å². The summed E-state index contributed by atoms with van der Waals surface area (Å²) in [7, 11) is 0. The van der Waals surface area contributed by atoms with E-state index >= 15 is 0 Å². The molecule has 1 aromatic carbocycles. The molecule has 0 unspecified atom stereocenters. The van der Waals surface area contributed by atoms with Crippen LogP contribution in [0.15, 0.2) is 59.4 Å². The highest BCUT2D eigenvalue weighted by Crippen LogP contribution is 2.34. The van der Waals surface area contributed by atoms with Crippen LogP contribution in [0.5, 0.6) is 0 Å². The van der Waals surface area contributed by atoms with E-state index in [0.717, 1.165) is 12.0 Å². The van der Waals surface area contributed by atoms with E-state index in [-0.39, 0.29) is 11.9 Å². The van der Waals surface area contributed by atoms with Gasteiger partial charge in [-0.05, 0) is 30.7 Å². The summed E-state index contributed by atoms with van der Waals surface area (Å²) in [6, 6.07) is 12.8. The molecule has 3 aromatic rings. The van der Waals surface area contributed by atoms with Crippen LogP contribution in [0.25, 0.3) is 11.4 Å². The molecule has 2 aromatic heterocycles. The molecule has 23 heavy (non-hydrogen) atoms.